The molecule has 3 heterocycles. The Labute approximate surface area is 158 Å². The summed E-state index contributed by atoms with van der Waals surface area (Å²) in [5.74, 6) is -0.0871. The monoisotopic (exact) mass is 374 g/mol. The number of fused-ring (bicyclic) bond motifs is 1. The molecule has 1 aromatic rings. The molecule has 3 aliphatic rings. The van der Waals surface area contributed by atoms with Gasteiger partial charge in [0.25, 0.3) is 11.5 Å². The summed E-state index contributed by atoms with van der Waals surface area (Å²) in [6.45, 7) is 4.33. The Kier molecular flexibility index (Phi) is 4.99. The minimum absolute atomic E-state index is 0.0316. The molecule has 0 N–H and O–H groups in total. The molecule has 1 aliphatic carbocycles. The van der Waals surface area contributed by atoms with Crippen LogP contribution in [0.1, 0.15) is 43.5 Å². The molecule has 2 amide bonds. The number of ether oxygens (including phenoxy) is 1. The van der Waals surface area contributed by atoms with E-state index in [9.17, 15) is 14.4 Å². The summed E-state index contributed by atoms with van der Waals surface area (Å²) in [5, 5.41) is 4.44. The van der Waals surface area contributed by atoms with Crippen molar-refractivity contribution in [3.05, 3.63) is 27.7 Å². The summed E-state index contributed by atoms with van der Waals surface area (Å²) in [6, 6.07) is 0.987. The molecular formula is C19H26N4O4. The van der Waals surface area contributed by atoms with Gasteiger partial charge in [-0.25, -0.2) is 4.68 Å². The minimum atomic E-state index is -0.635. The van der Waals surface area contributed by atoms with Gasteiger partial charge in [0.1, 0.15) is 12.1 Å². The summed E-state index contributed by atoms with van der Waals surface area (Å²) in [6.07, 6.45) is 4.15. The third kappa shape index (κ3) is 3.50. The summed E-state index contributed by atoms with van der Waals surface area (Å²) in [4.78, 5) is 41.2. The van der Waals surface area contributed by atoms with Crippen molar-refractivity contribution in [2.75, 3.05) is 32.8 Å². The Hall–Kier alpha value is -2.22. The summed E-state index contributed by atoms with van der Waals surface area (Å²) in [5.41, 5.74) is 1.72. The van der Waals surface area contributed by atoms with E-state index in [2.05, 4.69) is 5.10 Å². The second-order valence-electron chi connectivity index (χ2n) is 7.58. The second kappa shape index (κ2) is 7.42. The highest BCUT2D eigenvalue weighted by molar-refractivity contribution is 5.82. The van der Waals surface area contributed by atoms with Crippen molar-refractivity contribution in [3.63, 3.8) is 0 Å². The summed E-state index contributed by atoms with van der Waals surface area (Å²) in [7, 11) is 0. The molecule has 0 aromatic carbocycles. The molecule has 0 saturated carbocycles. The number of amides is 2. The normalized spacial score (nSPS) is 23.4. The maximum Gasteiger partial charge on any atom is 0.267 e. The number of carbonyl (C=O) groups is 2. The SMILES string of the molecule is CC(C(=O)N1CCN(C(=O)C2CCCO2)CC1)n1nc2c(cc1=O)CCC2. The van der Waals surface area contributed by atoms with Gasteiger partial charge in [0, 0.05) is 38.9 Å². The van der Waals surface area contributed by atoms with E-state index in [1.807, 2.05) is 0 Å². The van der Waals surface area contributed by atoms with Crippen LogP contribution in [0.5, 0.6) is 0 Å². The molecule has 1 aromatic heterocycles. The van der Waals surface area contributed by atoms with Gasteiger partial charge in [-0.3, -0.25) is 14.4 Å². The Bertz CT molecular complexity index is 791. The van der Waals surface area contributed by atoms with Gasteiger partial charge in [-0.2, -0.15) is 5.10 Å². The van der Waals surface area contributed by atoms with Gasteiger partial charge in [-0.15, -0.1) is 0 Å². The van der Waals surface area contributed by atoms with Crippen molar-refractivity contribution in [2.24, 2.45) is 0 Å². The van der Waals surface area contributed by atoms with Gasteiger partial charge < -0.3 is 14.5 Å². The third-order valence-electron chi connectivity index (χ3n) is 5.81. The van der Waals surface area contributed by atoms with Crippen LogP contribution in [0.3, 0.4) is 0 Å². The third-order valence-corrected chi connectivity index (χ3v) is 5.81. The fraction of sp³-hybridized carbons (Fsp3) is 0.684. The lowest BCUT2D eigenvalue weighted by molar-refractivity contribution is -0.147. The van der Waals surface area contributed by atoms with Crippen molar-refractivity contribution >= 4 is 11.8 Å². The zero-order valence-corrected chi connectivity index (χ0v) is 15.7. The fourth-order valence-corrected chi connectivity index (χ4v) is 4.18. The van der Waals surface area contributed by atoms with E-state index in [1.54, 1.807) is 22.8 Å². The lowest BCUT2D eigenvalue weighted by Crippen LogP contribution is -2.54. The second-order valence-corrected chi connectivity index (χ2v) is 7.58. The number of aromatic nitrogens is 2. The van der Waals surface area contributed by atoms with Crippen LogP contribution in [-0.4, -0.2) is 70.3 Å². The zero-order valence-electron chi connectivity index (χ0n) is 15.7. The van der Waals surface area contributed by atoms with Crippen LogP contribution in [0, 0.1) is 0 Å². The van der Waals surface area contributed by atoms with Gasteiger partial charge in [-0.1, -0.05) is 0 Å². The van der Waals surface area contributed by atoms with Crippen LogP contribution >= 0.6 is 0 Å². The van der Waals surface area contributed by atoms with Gasteiger partial charge in [-0.05, 0) is 44.6 Å². The standard InChI is InChI=1S/C19H26N4O4/c1-13(23-17(24)12-14-4-2-5-15(14)20-23)18(25)21-7-9-22(10-8-21)19(26)16-6-3-11-27-16/h12-13,16H,2-11H2,1H3. The average molecular weight is 374 g/mol. The van der Waals surface area contributed by atoms with Crippen LogP contribution in [0.25, 0.3) is 0 Å². The van der Waals surface area contributed by atoms with Crippen LogP contribution in [-0.2, 0) is 27.2 Å². The molecule has 0 radical (unpaired) electrons. The number of aryl methyl sites for hydroxylation is 2. The molecule has 4 rings (SSSR count). The minimum Gasteiger partial charge on any atom is -0.368 e. The maximum atomic E-state index is 12.9. The highest BCUT2D eigenvalue weighted by Crippen LogP contribution is 2.19. The van der Waals surface area contributed by atoms with Crippen molar-refractivity contribution in [1.29, 1.82) is 0 Å². The molecule has 2 unspecified atom stereocenters. The van der Waals surface area contributed by atoms with Crippen molar-refractivity contribution in [1.82, 2.24) is 19.6 Å². The number of hydrogen-bond acceptors (Lipinski definition) is 5. The van der Waals surface area contributed by atoms with E-state index in [0.717, 1.165) is 43.4 Å². The van der Waals surface area contributed by atoms with E-state index in [0.29, 0.717) is 32.8 Å². The molecular weight excluding hydrogens is 348 g/mol. The number of piperazine rings is 1. The molecule has 0 spiro atoms. The van der Waals surface area contributed by atoms with E-state index >= 15 is 0 Å². The maximum absolute atomic E-state index is 12.9. The van der Waals surface area contributed by atoms with Crippen LogP contribution in [0.15, 0.2) is 10.9 Å². The first-order valence-corrected chi connectivity index (χ1v) is 9.85. The van der Waals surface area contributed by atoms with Crippen molar-refractivity contribution < 1.29 is 14.3 Å². The molecule has 2 fully saturated rings. The predicted octanol–water partition coefficient (Wildman–Crippen LogP) is 0.143. The number of carbonyl (C=O) groups excluding carboxylic acids is 2. The number of rotatable bonds is 3. The molecule has 27 heavy (non-hydrogen) atoms. The van der Waals surface area contributed by atoms with Gasteiger partial charge in [0.05, 0.1) is 5.69 Å². The van der Waals surface area contributed by atoms with Crippen LogP contribution in [0.2, 0.25) is 0 Å². The van der Waals surface area contributed by atoms with Crippen molar-refractivity contribution in [2.45, 2.75) is 51.2 Å². The smallest absolute Gasteiger partial charge is 0.267 e. The van der Waals surface area contributed by atoms with Crippen LogP contribution < -0.4 is 5.56 Å². The van der Waals surface area contributed by atoms with Gasteiger partial charge >= 0.3 is 0 Å². The largest absolute Gasteiger partial charge is 0.368 e. The van der Waals surface area contributed by atoms with Crippen molar-refractivity contribution in [3.8, 4) is 0 Å². The first-order chi connectivity index (χ1) is 13.0. The molecule has 2 aliphatic heterocycles. The number of hydrogen-bond donors (Lipinski definition) is 0. The van der Waals surface area contributed by atoms with Crippen LogP contribution in [0.4, 0.5) is 0 Å². The average Bonchev–Trinajstić information content (AvgIpc) is 3.37. The zero-order chi connectivity index (χ0) is 19.0. The first kappa shape index (κ1) is 18.2. The Morgan fingerprint density at radius 2 is 1.89 bits per heavy atom. The highest BCUT2D eigenvalue weighted by atomic mass is 16.5. The van der Waals surface area contributed by atoms with E-state index in [4.69, 9.17) is 4.74 Å². The van der Waals surface area contributed by atoms with E-state index < -0.39 is 6.04 Å². The summed E-state index contributed by atoms with van der Waals surface area (Å²) < 4.78 is 6.79. The topological polar surface area (TPSA) is 84.7 Å². The Morgan fingerprint density at radius 1 is 1.15 bits per heavy atom. The van der Waals surface area contributed by atoms with E-state index in [-0.39, 0.29) is 23.5 Å². The Balaban J connectivity index is 1.39. The highest BCUT2D eigenvalue weighted by Gasteiger charge is 2.33. The number of nitrogens with zero attached hydrogens (tertiary/aromatic N) is 4. The molecule has 146 valence electrons. The summed E-state index contributed by atoms with van der Waals surface area (Å²) >= 11 is 0. The molecule has 8 heteroatoms. The Morgan fingerprint density at radius 3 is 2.59 bits per heavy atom. The predicted molar refractivity (Wildman–Crippen MR) is 97.4 cm³/mol. The lowest BCUT2D eigenvalue weighted by Gasteiger charge is -2.36. The molecule has 2 atom stereocenters. The molecule has 8 nitrogen and oxygen atoms in total. The quantitative estimate of drug-likeness (QED) is 0.752. The van der Waals surface area contributed by atoms with Gasteiger partial charge in [0.2, 0.25) is 5.91 Å². The van der Waals surface area contributed by atoms with Gasteiger partial charge in [0.15, 0.2) is 0 Å². The first-order valence-electron chi connectivity index (χ1n) is 9.85. The molecule has 2 saturated heterocycles. The lowest BCUT2D eigenvalue weighted by atomic mass is 10.2. The molecule has 0 bridgehead atoms. The fourth-order valence-electron chi connectivity index (χ4n) is 4.18. The van der Waals surface area contributed by atoms with E-state index in [1.165, 1.54) is 4.68 Å².